The zero-order chi connectivity index (χ0) is 20.5. The van der Waals surface area contributed by atoms with Crippen molar-refractivity contribution in [2.24, 2.45) is 0 Å². The van der Waals surface area contributed by atoms with Gasteiger partial charge >= 0.3 is 0 Å². The first-order valence-electron chi connectivity index (χ1n) is 10.1. The standard InChI is InChI=1S/C25H22ClF3/c1-2-3-4-5-15-6-9-18-16(12-15)7-10-19-20(18)14-23(28)24(25(19)29)17-8-11-21(26)22(27)13-17/h6,8-9,11-14H,2-5,7,10H2,1H3. The number of aryl methyl sites for hydroxylation is 2. The van der Waals surface area contributed by atoms with Crippen molar-refractivity contribution in [1.82, 2.24) is 0 Å². The van der Waals surface area contributed by atoms with Gasteiger partial charge in [-0.1, -0.05) is 55.6 Å². The predicted octanol–water partition coefficient (Wildman–Crippen LogP) is 7.92. The first-order chi connectivity index (χ1) is 14.0. The molecule has 0 aromatic heterocycles. The minimum atomic E-state index is -0.693. The fourth-order valence-electron chi connectivity index (χ4n) is 4.17. The molecule has 4 heteroatoms. The number of benzene rings is 3. The maximum atomic E-state index is 15.3. The molecule has 0 radical (unpaired) electrons. The van der Waals surface area contributed by atoms with Crippen LogP contribution in [-0.4, -0.2) is 0 Å². The van der Waals surface area contributed by atoms with Crippen LogP contribution in [0.15, 0.2) is 42.5 Å². The van der Waals surface area contributed by atoms with Gasteiger partial charge < -0.3 is 0 Å². The first-order valence-corrected chi connectivity index (χ1v) is 10.5. The highest BCUT2D eigenvalue weighted by molar-refractivity contribution is 6.30. The highest BCUT2D eigenvalue weighted by Gasteiger charge is 2.25. The summed E-state index contributed by atoms with van der Waals surface area (Å²) in [6, 6.07) is 11.4. The molecule has 29 heavy (non-hydrogen) atoms. The number of halogens is 4. The maximum absolute atomic E-state index is 15.3. The molecule has 1 aliphatic carbocycles. The molecule has 0 saturated carbocycles. The Morgan fingerprint density at radius 2 is 1.69 bits per heavy atom. The number of rotatable bonds is 5. The quantitative estimate of drug-likeness (QED) is 0.372. The van der Waals surface area contributed by atoms with Crippen molar-refractivity contribution in [3.8, 4) is 22.3 Å². The van der Waals surface area contributed by atoms with Gasteiger partial charge in [-0.2, -0.15) is 0 Å². The van der Waals surface area contributed by atoms with E-state index in [1.165, 1.54) is 36.6 Å². The van der Waals surface area contributed by atoms with Crippen LogP contribution in [0.5, 0.6) is 0 Å². The molecule has 0 aliphatic heterocycles. The van der Waals surface area contributed by atoms with Crippen molar-refractivity contribution in [2.75, 3.05) is 0 Å². The summed E-state index contributed by atoms with van der Waals surface area (Å²) in [6.45, 7) is 2.18. The Morgan fingerprint density at radius 3 is 2.45 bits per heavy atom. The van der Waals surface area contributed by atoms with E-state index >= 15 is 4.39 Å². The summed E-state index contributed by atoms with van der Waals surface area (Å²) in [6.07, 6.45) is 5.76. The van der Waals surface area contributed by atoms with E-state index in [9.17, 15) is 8.78 Å². The van der Waals surface area contributed by atoms with Crippen LogP contribution in [0, 0.1) is 17.5 Å². The summed E-state index contributed by atoms with van der Waals surface area (Å²) >= 11 is 5.71. The summed E-state index contributed by atoms with van der Waals surface area (Å²) in [4.78, 5) is 0. The Labute approximate surface area is 174 Å². The molecule has 0 saturated heterocycles. The van der Waals surface area contributed by atoms with Gasteiger partial charge in [-0.05, 0) is 77.3 Å². The zero-order valence-corrected chi connectivity index (χ0v) is 17.1. The third-order valence-electron chi connectivity index (χ3n) is 5.70. The summed E-state index contributed by atoms with van der Waals surface area (Å²) < 4.78 is 44.1. The van der Waals surface area contributed by atoms with E-state index in [-0.39, 0.29) is 16.1 Å². The lowest BCUT2D eigenvalue weighted by atomic mass is 9.82. The molecule has 0 nitrogen and oxygen atoms in total. The molecule has 0 atom stereocenters. The van der Waals surface area contributed by atoms with Gasteiger partial charge in [0.05, 0.1) is 10.6 Å². The second-order valence-electron chi connectivity index (χ2n) is 7.65. The summed E-state index contributed by atoms with van der Waals surface area (Å²) in [5, 5.41) is -0.0730. The van der Waals surface area contributed by atoms with Gasteiger partial charge in [0.1, 0.15) is 17.5 Å². The third kappa shape index (κ3) is 3.81. The first kappa shape index (κ1) is 20.0. The minimum absolute atomic E-state index is 0.0730. The predicted molar refractivity (Wildman–Crippen MR) is 113 cm³/mol. The van der Waals surface area contributed by atoms with E-state index in [1.54, 1.807) is 0 Å². The molecule has 0 fully saturated rings. The average Bonchev–Trinajstić information content (AvgIpc) is 2.70. The van der Waals surface area contributed by atoms with Crippen molar-refractivity contribution in [1.29, 1.82) is 0 Å². The smallest absolute Gasteiger partial charge is 0.142 e. The van der Waals surface area contributed by atoms with Crippen molar-refractivity contribution in [3.05, 3.63) is 81.6 Å². The Bertz CT molecular complexity index is 1070. The number of unbranched alkanes of at least 4 members (excludes halogenated alkanes) is 2. The van der Waals surface area contributed by atoms with Crippen molar-refractivity contribution >= 4 is 11.6 Å². The van der Waals surface area contributed by atoms with Crippen LogP contribution in [0.3, 0.4) is 0 Å². The van der Waals surface area contributed by atoms with E-state index in [0.29, 0.717) is 24.0 Å². The lowest BCUT2D eigenvalue weighted by Crippen LogP contribution is -2.09. The zero-order valence-electron chi connectivity index (χ0n) is 16.3. The highest BCUT2D eigenvalue weighted by atomic mass is 35.5. The molecule has 3 aromatic rings. The Balaban J connectivity index is 1.75. The second kappa shape index (κ2) is 8.23. The molecule has 0 spiro atoms. The largest absolute Gasteiger partial charge is 0.206 e. The fraction of sp³-hybridized carbons (Fsp3) is 0.280. The molecular formula is C25H22ClF3. The fourth-order valence-corrected chi connectivity index (χ4v) is 4.29. The summed E-state index contributed by atoms with van der Waals surface area (Å²) in [7, 11) is 0. The number of hydrogen-bond acceptors (Lipinski definition) is 0. The van der Waals surface area contributed by atoms with Gasteiger partial charge in [0.25, 0.3) is 0 Å². The monoisotopic (exact) mass is 414 g/mol. The van der Waals surface area contributed by atoms with Crippen LogP contribution in [-0.2, 0) is 19.3 Å². The molecule has 1 aliphatic rings. The SMILES string of the molecule is CCCCCc1ccc2c(c1)CCc1c-2cc(F)c(-c2ccc(Cl)c(F)c2)c1F. The minimum Gasteiger partial charge on any atom is -0.206 e. The van der Waals surface area contributed by atoms with Crippen LogP contribution < -0.4 is 0 Å². The van der Waals surface area contributed by atoms with Gasteiger partial charge in [-0.25, -0.2) is 13.2 Å². The van der Waals surface area contributed by atoms with Crippen molar-refractivity contribution in [2.45, 2.75) is 45.4 Å². The van der Waals surface area contributed by atoms with Gasteiger partial charge in [-0.15, -0.1) is 0 Å². The van der Waals surface area contributed by atoms with E-state index in [1.807, 2.05) is 6.07 Å². The van der Waals surface area contributed by atoms with Crippen LogP contribution in [0.1, 0.15) is 42.9 Å². The van der Waals surface area contributed by atoms with Crippen molar-refractivity contribution in [3.63, 3.8) is 0 Å². The Hall–Kier alpha value is -2.26. The maximum Gasteiger partial charge on any atom is 0.142 e. The molecular weight excluding hydrogens is 393 g/mol. The van der Waals surface area contributed by atoms with Crippen LogP contribution >= 0.6 is 11.6 Å². The van der Waals surface area contributed by atoms with Crippen molar-refractivity contribution < 1.29 is 13.2 Å². The molecule has 0 unspecified atom stereocenters. The van der Waals surface area contributed by atoms with Crippen LogP contribution in [0.2, 0.25) is 5.02 Å². The molecule has 0 amide bonds. The molecule has 3 aromatic carbocycles. The lowest BCUT2D eigenvalue weighted by molar-refractivity contribution is 0.576. The topological polar surface area (TPSA) is 0 Å². The average molecular weight is 415 g/mol. The number of fused-ring (bicyclic) bond motifs is 3. The Morgan fingerprint density at radius 1 is 0.862 bits per heavy atom. The summed E-state index contributed by atoms with van der Waals surface area (Å²) in [5.41, 5.74) is 4.34. The molecule has 0 bridgehead atoms. The van der Waals surface area contributed by atoms with Gasteiger partial charge in [-0.3, -0.25) is 0 Å². The van der Waals surface area contributed by atoms with Gasteiger partial charge in [0, 0.05) is 0 Å². The van der Waals surface area contributed by atoms with Gasteiger partial charge in [0.15, 0.2) is 0 Å². The van der Waals surface area contributed by atoms with Crippen LogP contribution in [0.25, 0.3) is 22.3 Å². The normalized spacial score (nSPS) is 12.6. The number of hydrogen-bond donors (Lipinski definition) is 0. The van der Waals surface area contributed by atoms with Crippen LogP contribution in [0.4, 0.5) is 13.2 Å². The van der Waals surface area contributed by atoms with E-state index < -0.39 is 17.5 Å². The van der Waals surface area contributed by atoms with E-state index in [4.69, 9.17) is 11.6 Å². The molecule has 150 valence electrons. The van der Waals surface area contributed by atoms with E-state index in [2.05, 4.69) is 19.1 Å². The third-order valence-corrected chi connectivity index (χ3v) is 6.01. The second-order valence-corrected chi connectivity index (χ2v) is 8.06. The molecule has 4 rings (SSSR count). The lowest BCUT2D eigenvalue weighted by Gasteiger charge is -2.23. The van der Waals surface area contributed by atoms with E-state index in [0.717, 1.165) is 30.0 Å². The summed E-state index contributed by atoms with van der Waals surface area (Å²) in [5.74, 6) is -2.00. The highest BCUT2D eigenvalue weighted by Crippen LogP contribution is 2.40. The molecule has 0 N–H and O–H groups in total. The molecule has 0 heterocycles. The van der Waals surface area contributed by atoms with Gasteiger partial charge in [0.2, 0.25) is 0 Å². The Kier molecular flexibility index (Phi) is 5.69.